The van der Waals surface area contributed by atoms with Gasteiger partial charge in [-0.05, 0) is 37.1 Å². The molecule has 2 aromatic rings. The van der Waals surface area contributed by atoms with Crippen LogP contribution >= 0.6 is 0 Å². The van der Waals surface area contributed by atoms with E-state index in [4.69, 9.17) is 0 Å². The Balaban J connectivity index is 1.73. The molecular weight excluding hydrogens is 304 g/mol. The summed E-state index contributed by atoms with van der Waals surface area (Å²) >= 11 is 0. The second-order valence-electron chi connectivity index (χ2n) is 5.26. The highest BCUT2D eigenvalue weighted by atomic mass is 19.2. The highest BCUT2D eigenvalue weighted by Gasteiger charge is 2.24. The van der Waals surface area contributed by atoms with Crippen LogP contribution in [0.15, 0.2) is 36.5 Å². The molecule has 118 valence electrons. The van der Waals surface area contributed by atoms with Crippen LogP contribution in [0.4, 0.5) is 14.5 Å². The Bertz CT molecular complexity index is 776. The van der Waals surface area contributed by atoms with Crippen molar-refractivity contribution in [2.24, 2.45) is 0 Å². The van der Waals surface area contributed by atoms with Crippen molar-refractivity contribution < 1.29 is 18.4 Å². The van der Waals surface area contributed by atoms with Crippen LogP contribution in [-0.4, -0.2) is 22.8 Å². The average molecular weight is 317 g/mol. The van der Waals surface area contributed by atoms with Crippen molar-refractivity contribution >= 4 is 17.5 Å². The smallest absolute Gasteiger partial charge is 0.274 e. The maximum absolute atomic E-state index is 13.1. The standard InChI is InChI=1S/C16H13F2N3O2/c17-12-4-3-11(8-13(12)18)21-16(23)14-7-9(5-6-19-14)15(22)20-10-1-2-10/h3-8,10H,1-2H2,(H,20,22)(H,21,23). The van der Waals surface area contributed by atoms with E-state index < -0.39 is 17.5 Å². The van der Waals surface area contributed by atoms with Gasteiger partial charge < -0.3 is 10.6 Å². The lowest BCUT2D eigenvalue weighted by atomic mass is 10.2. The van der Waals surface area contributed by atoms with Crippen LogP contribution in [0.5, 0.6) is 0 Å². The molecule has 1 aliphatic rings. The summed E-state index contributed by atoms with van der Waals surface area (Å²) in [5, 5.41) is 5.22. The number of aromatic nitrogens is 1. The van der Waals surface area contributed by atoms with Crippen LogP contribution in [-0.2, 0) is 0 Å². The largest absolute Gasteiger partial charge is 0.349 e. The van der Waals surface area contributed by atoms with Gasteiger partial charge in [0.15, 0.2) is 11.6 Å². The summed E-state index contributed by atoms with van der Waals surface area (Å²) < 4.78 is 26.0. The average Bonchev–Trinajstić information content (AvgIpc) is 3.35. The fourth-order valence-corrected chi connectivity index (χ4v) is 1.96. The lowest BCUT2D eigenvalue weighted by Crippen LogP contribution is -2.26. The molecule has 1 aromatic carbocycles. The Labute approximate surface area is 130 Å². The fraction of sp³-hybridized carbons (Fsp3) is 0.188. The summed E-state index contributed by atoms with van der Waals surface area (Å²) in [6, 6.07) is 6.09. The number of carbonyl (C=O) groups excluding carboxylic acids is 2. The third kappa shape index (κ3) is 3.68. The SMILES string of the molecule is O=C(NC1CC1)c1ccnc(C(=O)Nc2ccc(F)c(F)c2)c1. The summed E-state index contributed by atoms with van der Waals surface area (Å²) in [4.78, 5) is 27.9. The molecule has 0 bridgehead atoms. The predicted molar refractivity (Wildman–Crippen MR) is 79.0 cm³/mol. The maximum atomic E-state index is 13.1. The molecule has 2 amide bonds. The first-order chi connectivity index (χ1) is 11.0. The number of halogens is 2. The summed E-state index contributed by atoms with van der Waals surface area (Å²) in [6.45, 7) is 0. The molecule has 7 heteroatoms. The normalized spacial score (nSPS) is 13.5. The molecule has 1 aromatic heterocycles. The molecule has 0 unspecified atom stereocenters. The molecule has 0 spiro atoms. The van der Waals surface area contributed by atoms with E-state index in [-0.39, 0.29) is 23.3 Å². The highest BCUT2D eigenvalue weighted by Crippen LogP contribution is 2.19. The second-order valence-corrected chi connectivity index (χ2v) is 5.26. The Morgan fingerprint density at radius 1 is 1.04 bits per heavy atom. The molecule has 0 saturated heterocycles. The lowest BCUT2D eigenvalue weighted by molar-refractivity contribution is 0.0951. The van der Waals surface area contributed by atoms with Crippen LogP contribution in [0.2, 0.25) is 0 Å². The topological polar surface area (TPSA) is 71.1 Å². The van der Waals surface area contributed by atoms with Gasteiger partial charge in [0.05, 0.1) is 0 Å². The number of rotatable bonds is 4. The lowest BCUT2D eigenvalue weighted by Gasteiger charge is -2.07. The van der Waals surface area contributed by atoms with Crippen molar-refractivity contribution in [3.63, 3.8) is 0 Å². The summed E-state index contributed by atoms with van der Waals surface area (Å²) in [5.74, 6) is -2.94. The van der Waals surface area contributed by atoms with Crippen molar-refractivity contribution in [1.29, 1.82) is 0 Å². The zero-order valence-electron chi connectivity index (χ0n) is 12.0. The van der Waals surface area contributed by atoms with Crippen molar-refractivity contribution in [2.75, 3.05) is 5.32 Å². The molecule has 0 atom stereocenters. The minimum Gasteiger partial charge on any atom is -0.349 e. The van der Waals surface area contributed by atoms with E-state index in [0.717, 1.165) is 25.0 Å². The zero-order valence-corrected chi connectivity index (χ0v) is 12.0. The third-order valence-corrected chi connectivity index (χ3v) is 3.34. The molecule has 2 N–H and O–H groups in total. The van der Waals surface area contributed by atoms with Gasteiger partial charge in [-0.3, -0.25) is 14.6 Å². The van der Waals surface area contributed by atoms with Crippen molar-refractivity contribution in [2.45, 2.75) is 18.9 Å². The number of anilines is 1. The van der Waals surface area contributed by atoms with Gasteiger partial charge in [0.2, 0.25) is 0 Å². The van der Waals surface area contributed by atoms with E-state index in [1.54, 1.807) is 0 Å². The molecule has 23 heavy (non-hydrogen) atoms. The molecule has 3 rings (SSSR count). The van der Waals surface area contributed by atoms with Gasteiger partial charge >= 0.3 is 0 Å². The molecule has 1 saturated carbocycles. The first-order valence-electron chi connectivity index (χ1n) is 7.06. The predicted octanol–water partition coefficient (Wildman–Crippen LogP) is 2.50. The monoisotopic (exact) mass is 317 g/mol. The molecule has 1 fully saturated rings. The third-order valence-electron chi connectivity index (χ3n) is 3.34. The number of nitrogens with one attached hydrogen (secondary N) is 2. The summed E-state index contributed by atoms with van der Waals surface area (Å²) in [6.07, 6.45) is 3.27. The Hall–Kier alpha value is -2.83. The zero-order chi connectivity index (χ0) is 16.4. The highest BCUT2D eigenvalue weighted by molar-refractivity contribution is 6.04. The molecular formula is C16H13F2N3O2. The van der Waals surface area contributed by atoms with Gasteiger partial charge in [0, 0.05) is 29.6 Å². The van der Waals surface area contributed by atoms with Crippen LogP contribution in [0, 0.1) is 11.6 Å². The van der Waals surface area contributed by atoms with Gasteiger partial charge in [-0.25, -0.2) is 8.78 Å². The fourth-order valence-electron chi connectivity index (χ4n) is 1.96. The number of hydrogen-bond donors (Lipinski definition) is 2. The maximum Gasteiger partial charge on any atom is 0.274 e. The van der Waals surface area contributed by atoms with Crippen LogP contribution in [0.3, 0.4) is 0 Å². The molecule has 5 nitrogen and oxygen atoms in total. The van der Waals surface area contributed by atoms with E-state index in [1.807, 2.05) is 0 Å². The minimum atomic E-state index is -1.06. The molecule has 1 heterocycles. The first-order valence-corrected chi connectivity index (χ1v) is 7.06. The molecule has 0 aliphatic heterocycles. The van der Waals surface area contributed by atoms with E-state index in [1.165, 1.54) is 24.4 Å². The number of amides is 2. The Kier molecular flexibility index (Phi) is 4.01. The summed E-state index contributed by atoms with van der Waals surface area (Å²) in [5.41, 5.74) is 0.434. The number of carbonyl (C=O) groups is 2. The first kappa shape index (κ1) is 15.1. The van der Waals surface area contributed by atoms with Crippen LogP contribution < -0.4 is 10.6 Å². The van der Waals surface area contributed by atoms with E-state index in [9.17, 15) is 18.4 Å². The van der Waals surface area contributed by atoms with Crippen molar-refractivity contribution in [1.82, 2.24) is 10.3 Å². The van der Waals surface area contributed by atoms with Gasteiger partial charge in [0.25, 0.3) is 11.8 Å². The summed E-state index contributed by atoms with van der Waals surface area (Å²) in [7, 11) is 0. The molecule has 0 radical (unpaired) electrons. The van der Waals surface area contributed by atoms with Gasteiger partial charge in [-0.15, -0.1) is 0 Å². The quantitative estimate of drug-likeness (QED) is 0.910. The Morgan fingerprint density at radius 2 is 1.83 bits per heavy atom. The van der Waals surface area contributed by atoms with Gasteiger partial charge in [-0.2, -0.15) is 0 Å². The molecule has 1 aliphatic carbocycles. The van der Waals surface area contributed by atoms with E-state index in [2.05, 4.69) is 15.6 Å². The number of hydrogen-bond acceptors (Lipinski definition) is 3. The van der Waals surface area contributed by atoms with E-state index >= 15 is 0 Å². The van der Waals surface area contributed by atoms with Crippen molar-refractivity contribution in [3.05, 3.63) is 59.4 Å². The van der Waals surface area contributed by atoms with Crippen LogP contribution in [0.1, 0.15) is 33.7 Å². The second kappa shape index (κ2) is 6.12. The van der Waals surface area contributed by atoms with Crippen LogP contribution in [0.25, 0.3) is 0 Å². The number of nitrogens with zero attached hydrogens (tertiary/aromatic N) is 1. The van der Waals surface area contributed by atoms with Gasteiger partial charge in [-0.1, -0.05) is 0 Å². The Morgan fingerprint density at radius 3 is 2.52 bits per heavy atom. The van der Waals surface area contributed by atoms with Gasteiger partial charge in [0.1, 0.15) is 5.69 Å². The number of pyridine rings is 1. The minimum absolute atomic E-state index is 0.0122. The number of benzene rings is 1. The van der Waals surface area contributed by atoms with E-state index in [0.29, 0.717) is 5.56 Å². The van der Waals surface area contributed by atoms with Crippen molar-refractivity contribution in [3.8, 4) is 0 Å².